The second-order valence-corrected chi connectivity index (χ2v) is 7.70. The third-order valence-electron chi connectivity index (χ3n) is 5.82. The van der Waals surface area contributed by atoms with Crippen LogP contribution in [-0.2, 0) is 17.8 Å². The summed E-state index contributed by atoms with van der Waals surface area (Å²) in [5.74, 6) is 0.921. The van der Waals surface area contributed by atoms with Gasteiger partial charge in [0.1, 0.15) is 17.8 Å². The Bertz CT molecular complexity index is 902. The van der Waals surface area contributed by atoms with Crippen LogP contribution in [0.5, 0.6) is 11.5 Å². The van der Waals surface area contributed by atoms with Crippen LogP contribution in [0.2, 0.25) is 0 Å². The smallest absolute Gasteiger partial charge is 0.343 e. The van der Waals surface area contributed by atoms with Gasteiger partial charge in [0.2, 0.25) is 0 Å². The van der Waals surface area contributed by atoms with Crippen LogP contribution in [0.3, 0.4) is 0 Å². The molecule has 0 saturated carbocycles. The lowest BCUT2D eigenvalue weighted by atomic mass is 10.1. The van der Waals surface area contributed by atoms with Gasteiger partial charge < -0.3 is 23.9 Å². The van der Waals surface area contributed by atoms with Crippen molar-refractivity contribution >= 4 is 5.69 Å². The van der Waals surface area contributed by atoms with E-state index in [9.17, 15) is 9.90 Å². The van der Waals surface area contributed by atoms with Gasteiger partial charge in [0.15, 0.2) is 0 Å². The molecule has 0 radical (unpaired) electrons. The minimum Gasteiger partial charge on any atom is -0.507 e. The molecule has 8 nitrogen and oxygen atoms in total. The quantitative estimate of drug-likeness (QED) is 0.761. The molecular formula is C22H29N3O5. The largest absolute Gasteiger partial charge is 0.507 e. The molecule has 2 aromatic rings. The Morgan fingerprint density at radius 3 is 2.43 bits per heavy atom. The number of ether oxygens (including phenoxy) is 2. The molecule has 1 aromatic heterocycles. The molecule has 1 aromatic carbocycles. The van der Waals surface area contributed by atoms with E-state index in [0.29, 0.717) is 37.4 Å². The zero-order valence-corrected chi connectivity index (χ0v) is 17.4. The number of anilines is 1. The second-order valence-electron chi connectivity index (χ2n) is 7.70. The first-order valence-electron chi connectivity index (χ1n) is 10.4. The Morgan fingerprint density at radius 2 is 1.70 bits per heavy atom. The third-order valence-corrected chi connectivity index (χ3v) is 5.82. The van der Waals surface area contributed by atoms with Gasteiger partial charge in [-0.05, 0) is 12.1 Å². The average Bonchev–Trinajstić information content (AvgIpc) is 2.80. The fourth-order valence-corrected chi connectivity index (χ4v) is 4.06. The molecule has 2 fully saturated rings. The van der Waals surface area contributed by atoms with Crippen molar-refractivity contribution in [1.82, 2.24) is 9.80 Å². The van der Waals surface area contributed by atoms with Crippen LogP contribution in [0, 0.1) is 0 Å². The van der Waals surface area contributed by atoms with Crippen molar-refractivity contribution in [3.05, 3.63) is 52.1 Å². The van der Waals surface area contributed by atoms with Crippen LogP contribution < -0.4 is 15.3 Å². The van der Waals surface area contributed by atoms with Gasteiger partial charge in [-0.15, -0.1) is 0 Å². The maximum Gasteiger partial charge on any atom is 0.343 e. The standard InChI is InChI=1S/C22H29N3O5/c1-28-20-5-3-2-4-19(20)25-8-6-23(7-9-25)15-18-21(26)17(16-30-22(18)27)14-24-10-12-29-13-11-24/h2-5,16,26H,6-15H2,1H3. The maximum atomic E-state index is 12.3. The molecule has 8 heteroatoms. The lowest BCUT2D eigenvalue weighted by molar-refractivity contribution is 0.0335. The van der Waals surface area contributed by atoms with E-state index >= 15 is 0 Å². The molecular weight excluding hydrogens is 386 g/mol. The average molecular weight is 415 g/mol. The van der Waals surface area contributed by atoms with Gasteiger partial charge in [-0.3, -0.25) is 9.80 Å². The van der Waals surface area contributed by atoms with Crippen LogP contribution in [0.25, 0.3) is 0 Å². The summed E-state index contributed by atoms with van der Waals surface area (Å²) in [7, 11) is 1.68. The van der Waals surface area contributed by atoms with Crippen molar-refractivity contribution in [1.29, 1.82) is 0 Å². The maximum absolute atomic E-state index is 12.3. The molecule has 162 valence electrons. The van der Waals surface area contributed by atoms with E-state index in [0.717, 1.165) is 50.7 Å². The van der Waals surface area contributed by atoms with Crippen LogP contribution in [0.15, 0.2) is 39.7 Å². The monoisotopic (exact) mass is 415 g/mol. The first kappa shape index (κ1) is 20.7. The number of nitrogens with zero attached hydrogens (tertiary/aromatic N) is 3. The summed E-state index contributed by atoms with van der Waals surface area (Å²) in [6, 6.07) is 7.99. The summed E-state index contributed by atoms with van der Waals surface area (Å²) in [6.07, 6.45) is 1.39. The summed E-state index contributed by atoms with van der Waals surface area (Å²) in [5.41, 5.74) is 1.60. The second kappa shape index (κ2) is 9.51. The molecule has 0 aliphatic carbocycles. The number of benzene rings is 1. The first-order chi connectivity index (χ1) is 14.7. The summed E-state index contributed by atoms with van der Waals surface area (Å²) < 4.78 is 16.1. The van der Waals surface area contributed by atoms with Crippen LogP contribution >= 0.6 is 0 Å². The molecule has 0 atom stereocenters. The van der Waals surface area contributed by atoms with Gasteiger partial charge in [0, 0.05) is 57.9 Å². The minimum absolute atomic E-state index is 0.0601. The third kappa shape index (κ3) is 4.61. The number of methoxy groups -OCH3 is 1. The molecule has 1 N–H and O–H groups in total. The lowest BCUT2D eigenvalue weighted by Crippen LogP contribution is -2.46. The van der Waals surface area contributed by atoms with Gasteiger partial charge in [-0.1, -0.05) is 12.1 Å². The molecule has 0 unspecified atom stereocenters. The zero-order valence-electron chi connectivity index (χ0n) is 17.4. The first-order valence-corrected chi connectivity index (χ1v) is 10.4. The molecule has 3 heterocycles. The van der Waals surface area contributed by atoms with E-state index in [1.54, 1.807) is 7.11 Å². The molecule has 4 rings (SSSR count). The number of hydrogen-bond acceptors (Lipinski definition) is 8. The molecule has 2 saturated heterocycles. The van der Waals surface area contributed by atoms with E-state index in [2.05, 4.69) is 20.8 Å². The highest BCUT2D eigenvalue weighted by molar-refractivity contribution is 5.58. The molecule has 2 aliphatic heterocycles. The van der Waals surface area contributed by atoms with Gasteiger partial charge in [-0.25, -0.2) is 4.79 Å². The van der Waals surface area contributed by atoms with Crippen LogP contribution in [0.1, 0.15) is 11.1 Å². The molecule has 0 amide bonds. The number of rotatable bonds is 6. The molecule has 0 bridgehead atoms. The van der Waals surface area contributed by atoms with Crippen molar-refractivity contribution < 1.29 is 19.0 Å². The lowest BCUT2D eigenvalue weighted by Gasteiger charge is -2.36. The topological polar surface area (TPSA) is 78.6 Å². The highest BCUT2D eigenvalue weighted by Crippen LogP contribution is 2.29. The van der Waals surface area contributed by atoms with E-state index in [4.69, 9.17) is 13.9 Å². The molecule has 30 heavy (non-hydrogen) atoms. The number of para-hydroxylation sites is 2. The Balaban J connectivity index is 1.41. The fraction of sp³-hybridized carbons (Fsp3) is 0.500. The van der Waals surface area contributed by atoms with Gasteiger partial charge in [0.25, 0.3) is 0 Å². The minimum atomic E-state index is -0.467. The predicted molar refractivity (Wildman–Crippen MR) is 113 cm³/mol. The summed E-state index contributed by atoms with van der Waals surface area (Å²) in [6.45, 7) is 7.10. The Labute approximate surface area is 176 Å². The normalized spacial score (nSPS) is 18.5. The van der Waals surface area contributed by atoms with E-state index in [-0.39, 0.29) is 5.75 Å². The van der Waals surface area contributed by atoms with Crippen molar-refractivity contribution in [2.75, 3.05) is 64.5 Å². The SMILES string of the molecule is COc1ccccc1N1CCN(Cc2c(O)c(CN3CCOCC3)coc2=O)CC1. The highest BCUT2D eigenvalue weighted by atomic mass is 16.5. The number of piperazine rings is 1. The summed E-state index contributed by atoms with van der Waals surface area (Å²) in [5, 5.41) is 10.8. The van der Waals surface area contributed by atoms with Crippen LogP contribution in [-0.4, -0.2) is 74.5 Å². The molecule has 2 aliphatic rings. The summed E-state index contributed by atoms with van der Waals surface area (Å²) >= 11 is 0. The summed E-state index contributed by atoms with van der Waals surface area (Å²) in [4.78, 5) is 19.0. The highest BCUT2D eigenvalue weighted by Gasteiger charge is 2.23. The number of morpholine rings is 1. The Kier molecular flexibility index (Phi) is 6.56. The van der Waals surface area contributed by atoms with Crippen molar-refractivity contribution in [2.45, 2.75) is 13.1 Å². The van der Waals surface area contributed by atoms with Crippen molar-refractivity contribution in [2.24, 2.45) is 0 Å². The van der Waals surface area contributed by atoms with E-state index in [1.807, 2.05) is 18.2 Å². The predicted octanol–water partition coefficient (Wildman–Crippen LogP) is 1.51. The Morgan fingerprint density at radius 1 is 1.00 bits per heavy atom. The van der Waals surface area contributed by atoms with E-state index in [1.165, 1.54) is 6.26 Å². The zero-order chi connectivity index (χ0) is 20.9. The van der Waals surface area contributed by atoms with Crippen molar-refractivity contribution in [3.8, 4) is 11.5 Å². The van der Waals surface area contributed by atoms with E-state index < -0.39 is 5.63 Å². The van der Waals surface area contributed by atoms with Crippen molar-refractivity contribution in [3.63, 3.8) is 0 Å². The number of hydrogen-bond donors (Lipinski definition) is 1. The fourth-order valence-electron chi connectivity index (χ4n) is 4.06. The van der Waals surface area contributed by atoms with Gasteiger partial charge in [-0.2, -0.15) is 0 Å². The molecule has 0 spiro atoms. The number of aromatic hydroxyl groups is 1. The van der Waals surface area contributed by atoms with Gasteiger partial charge >= 0.3 is 5.63 Å². The van der Waals surface area contributed by atoms with Crippen LogP contribution in [0.4, 0.5) is 5.69 Å². The Hall–Kier alpha value is -2.55. The van der Waals surface area contributed by atoms with Gasteiger partial charge in [0.05, 0.1) is 31.6 Å².